The Morgan fingerprint density at radius 3 is 2.12 bits per heavy atom. The minimum atomic E-state index is -2.49. The van der Waals surface area contributed by atoms with Crippen molar-refractivity contribution in [2.45, 2.75) is 78.9 Å². The predicted molar refractivity (Wildman–Crippen MR) is 98.8 cm³/mol. The van der Waals surface area contributed by atoms with Gasteiger partial charge in [0.1, 0.15) is 12.4 Å². The third-order valence-electron chi connectivity index (χ3n) is 4.01. The van der Waals surface area contributed by atoms with Crippen LogP contribution in [0.3, 0.4) is 0 Å². The van der Waals surface area contributed by atoms with Crippen LogP contribution in [0.2, 0.25) is 6.04 Å². The molecule has 0 saturated carbocycles. The number of hydrogen-bond acceptors (Lipinski definition) is 3. The summed E-state index contributed by atoms with van der Waals surface area (Å²) in [5.74, 6) is 0. The third kappa shape index (κ3) is 7.92. The van der Waals surface area contributed by atoms with Gasteiger partial charge in [0.15, 0.2) is 0 Å². The highest BCUT2D eigenvalue weighted by Crippen LogP contribution is 2.18. The molecule has 0 amide bonds. The van der Waals surface area contributed by atoms with Crippen LogP contribution < -0.4 is 4.57 Å². The second kappa shape index (κ2) is 12.6. The van der Waals surface area contributed by atoms with Crippen LogP contribution >= 0.6 is 0 Å². The molecular formula is C18H37N2O3Si+. The standard InChI is InChI=1S/C18H37N2O3Si/c1-5-9-10-11-13-19-15-16-20(18-19)14-12-17-24(21-6-2,22-7-3)23-8-4/h15-16,18H,5-14,17H2,1-4H3/q+1. The van der Waals surface area contributed by atoms with E-state index in [-0.39, 0.29) is 0 Å². The summed E-state index contributed by atoms with van der Waals surface area (Å²) in [7, 11) is -2.49. The van der Waals surface area contributed by atoms with Gasteiger partial charge in [-0.1, -0.05) is 19.8 Å². The van der Waals surface area contributed by atoms with E-state index in [1.807, 2.05) is 20.8 Å². The van der Waals surface area contributed by atoms with E-state index in [2.05, 4.69) is 34.8 Å². The molecule has 0 N–H and O–H groups in total. The molecule has 0 aliphatic rings. The highest BCUT2D eigenvalue weighted by Gasteiger charge is 2.39. The Morgan fingerprint density at radius 2 is 1.54 bits per heavy atom. The molecule has 0 aliphatic carbocycles. The van der Waals surface area contributed by atoms with Crippen molar-refractivity contribution in [3.05, 3.63) is 18.7 Å². The second-order valence-electron chi connectivity index (χ2n) is 6.04. The van der Waals surface area contributed by atoms with E-state index in [0.717, 1.165) is 25.6 Å². The molecule has 0 aliphatic heterocycles. The van der Waals surface area contributed by atoms with E-state index in [0.29, 0.717) is 19.8 Å². The van der Waals surface area contributed by atoms with Crippen molar-refractivity contribution < 1.29 is 17.8 Å². The molecule has 1 aromatic heterocycles. The number of nitrogens with zero attached hydrogens (tertiary/aromatic N) is 2. The minimum absolute atomic E-state index is 0.646. The Morgan fingerprint density at radius 1 is 0.875 bits per heavy atom. The smallest absolute Gasteiger partial charge is 0.374 e. The fraction of sp³-hybridized carbons (Fsp3) is 0.833. The molecule has 0 unspecified atom stereocenters. The van der Waals surface area contributed by atoms with Gasteiger partial charge in [0, 0.05) is 25.9 Å². The zero-order chi connectivity index (χ0) is 17.7. The summed E-state index contributed by atoms with van der Waals surface area (Å²) in [6.07, 6.45) is 12.7. The van der Waals surface area contributed by atoms with Gasteiger partial charge in [-0.15, -0.1) is 0 Å². The first-order valence-corrected chi connectivity index (χ1v) is 11.6. The Bertz CT molecular complexity index is 409. The lowest BCUT2D eigenvalue weighted by molar-refractivity contribution is -0.696. The van der Waals surface area contributed by atoms with E-state index in [4.69, 9.17) is 13.3 Å². The lowest BCUT2D eigenvalue weighted by Crippen LogP contribution is -2.46. The fourth-order valence-electron chi connectivity index (χ4n) is 2.90. The maximum absolute atomic E-state index is 5.91. The lowest BCUT2D eigenvalue weighted by Gasteiger charge is -2.28. The van der Waals surface area contributed by atoms with E-state index >= 15 is 0 Å². The molecule has 0 saturated heterocycles. The van der Waals surface area contributed by atoms with Crippen LogP contribution in [0.4, 0.5) is 0 Å². The average Bonchev–Trinajstić information content (AvgIpc) is 3.00. The quantitative estimate of drug-likeness (QED) is 0.272. The van der Waals surface area contributed by atoms with Crippen LogP contribution in [0.1, 0.15) is 59.8 Å². The molecule has 0 bridgehead atoms. The van der Waals surface area contributed by atoms with E-state index in [9.17, 15) is 0 Å². The highest BCUT2D eigenvalue weighted by atomic mass is 28.4. The zero-order valence-corrected chi connectivity index (χ0v) is 17.1. The molecule has 0 radical (unpaired) electrons. The van der Waals surface area contributed by atoms with Crippen LogP contribution in [0.5, 0.6) is 0 Å². The SMILES string of the molecule is CCCCCCn1cc[n+](CCC[Si](OCC)(OCC)OCC)c1. The lowest BCUT2D eigenvalue weighted by atomic mass is 10.2. The average molecular weight is 358 g/mol. The monoisotopic (exact) mass is 357 g/mol. The van der Waals surface area contributed by atoms with Crippen molar-refractivity contribution in [3.8, 4) is 0 Å². The third-order valence-corrected chi connectivity index (χ3v) is 7.16. The van der Waals surface area contributed by atoms with Crippen LogP contribution in [0.15, 0.2) is 18.7 Å². The predicted octanol–water partition coefficient (Wildman–Crippen LogP) is 3.79. The van der Waals surface area contributed by atoms with E-state index in [1.165, 1.54) is 25.7 Å². The Kier molecular flexibility index (Phi) is 11.2. The van der Waals surface area contributed by atoms with Crippen molar-refractivity contribution in [1.82, 2.24) is 4.57 Å². The summed E-state index contributed by atoms with van der Waals surface area (Å²) in [6.45, 7) is 12.3. The topological polar surface area (TPSA) is 36.5 Å². The van der Waals surface area contributed by atoms with Crippen molar-refractivity contribution in [3.63, 3.8) is 0 Å². The molecule has 0 atom stereocenters. The Hall–Kier alpha value is -0.693. The van der Waals surface area contributed by atoms with Gasteiger partial charge in [-0.25, -0.2) is 9.13 Å². The molecular weight excluding hydrogens is 320 g/mol. The number of imidazole rings is 1. The molecule has 0 spiro atoms. The van der Waals surface area contributed by atoms with Crippen LogP contribution in [-0.2, 0) is 26.4 Å². The number of rotatable bonds is 15. The summed E-state index contributed by atoms with van der Waals surface area (Å²) < 4.78 is 22.3. The summed E-state index contributed by atoms with van der Waals surface area (Å²) in [5.41, 5.74) is 0. The van der Waals surface area contributed by atoms with Crippen molar-refractivity contribution in [2.24, 2.45) is 0 Å². The largest absolute Gasteiger partial charge is 0.501 e. The van der Waals surface area contributed by atoms with Crippen LogP contribution in [0.25, 0.3) is 0 Å². The minimum Gasteiger partial charge on any atom is -0.374 e. The van der Waals surface area contributed by atoms with Gasteiger partial charge < -0.3 is 13.3 Å². The second-order valence-corrected chi connectivity index (χ2v) is 8.77. The van der Waals surface area contributed by atoms with Gasteiger partial charge in [-0.3, -0.25) is 0 Å². The van der Waals surface area contributed by atoms with Crippen LogP contribution in [-0.4, -0.2) is 33.2 Å². The Balaban J connectivity index is 2.42. The van der Waals surface area contributed by atoms with Crippen molar-refractivity contribution in [2.75, 3.05) is 19.8 Å². The molecule has 0 fully saturated rings. The first-order valence-electron chi connectivity index (χ1n) is 9.66. The van der Waals surface area contributed by atoms with Gasteiger partial charge in [0.25, 0.3) is 0 Å². The van der Waals surface area contributed by atoms with Gasteiger partial charge in [-0.05, 0) is 40.0 Å². The van der Waals surface area contributed by atoms with E-state index < -0.39 is 8.80 Å². The van der Waals surface area contributed by atoms with Gasteiger partial charge in [-0.2, -0.15) is 0 Å². The molecule has 1 heterocycles. The molecule has 0 aromatic carbocycles. The molecule has 24 heavy (non-hydrogen) atoms. The zero-order valence-electron chi connectivity index (χ0n) is 16.1. The summed E-state index contributed by atoms with van der Waals surface area (Å²) >= 11 is 0. The van der Waals surface area contributed by atoms with Gasteiger partial charge >= 0.3 is 8.80 Å². The fourth-order valence-corrected chi connectivity index (χ4v) is 5.50. The van der Waals surface area contributed by atoms with Gasteiger partial charge in [0.2, 0.25) is 6.33 Å². The maximum atomic E-state index is 5.91. The summed E-state index contributed by atoms with van der Waals surface area (Å²) in [4.78, 5) is 0. The Labute approximate surface area is 149 Å². The first kappa shape index (κ1) is 21.3. The van der Waals surface area contributed by atoms with Crippen molar-refractivity contribution >= 4 is 8.80 Å². The van der Waals surface area contributed by atoms with Crippen LogP contribution in [0, 0.1) is 0 Å². The highest BCUT2D eigenvalue weighted by molar-refractivity contribution is 6.60. The molecule has 1 aromatic rings. The van der Waals surface area contributed by atoms with E-state index in [1.54, 1.807) is 0 Å². The first-order chi connectivity index (χ1) is 11.7. The molecule has 140 valence electrons. The molecule has 1 rings (SSSR count). The van der Waals surface area contributed by atoms with Crippen molar-refractivity contribution in [1.29, 1.82) is 0 Å². The molecule has 5 nitrogen and oxygen atoms in total. The summed E-state index contributed by atoms with van der Waals surface area (Å²) in [5, 5.41) is 0. The molecule has 6 heteroatoms. The number of aryl methyl sites for hydroxylation is 2. The number of aromatic nitrogens is 2. The number of unbranched alkanes of at least 4 members (excludes halogenated alkanes) is 3. The summed E-state index contributed by atoms with van der Waals surface area (Å²) in [6, 6.07) is 0.872. The number of hydrogen-bond donors (Lipinski definition) is 0. The normalized spacial score (nSPS) is 12.0. The van der Waals surface area contributed by atoms with Gasteiger partial charge in [0.05, 0.1) is 13.1 Å². The maximum Gasteiger partial charge on any atom is 0.501 e.